The Labute approximate surface area is 276 Å². The van der Waals surface area contributed by atoms with Crippen LogP contribution < -0.4 is 16.2 Å². The van der Waals surface area contributed by atoms with Gasteiger partial charge in [-0.2, -0.15) is 5.10 Å². The summed E-state index contributed by atoms with van der Waals surface area (Å²) in [7, 11) is 3.68. The van der Waals surface area contributed by atoms with Gasteiger partial charge in [-0.1, -0.05) is 41.9 Å². The number of likely N-dealkylation sites (tertiary alicyclic amines) is 2. The number of hydrogen-bond acceptors (Lipinski definition) is 9. The number of halogens is 1. The van der Waals surface area contributed by atoms with E-state index < -0.39 is 29.7 Å². The molecule has 0 bridgehead atoms. The van der Waals surface area contributed by atoms with E-state index in [4.69, 9.17) is 11.6 Å². The lowest BCUT2D eigenvalue weighted by molar-refractivity contribution is -0.136. The molecule has 3 aromatic rings. The van der Waals surface area contributed by atoms with E-state index >= 15 is 0 Å². The predicted octanol–water partition coefficient (Wildman–Crippen LogP) is 2.33. The number of aryl methyl sites for hydroxylation is 1. The number of nitrogens with one attached hydrogen (secondary N) is 2. The number of imide groups is 2. The zero-order valence-corrected chi connectivity index (χ0v) is 27.0. The highest BCUT2D eigenvalue weighted by Gasteiger charge is 2.45. The molecule has 3 fully saturated rings. The number of benzene rings is 2. The molecule has 5 heterocycles. The molecule has 2 aromatic carbocycles. The highest BCUT2D eigenvalue weighted by molar-refractivity contribution is 6.33. The normalized spacial score (nSPS) is 23.9. The fourth-order valence-electron chi connectivity index (χ4n) is 7.30. The Hall–Kier alpha value is -4.39. The molecule has 4 amide bonds. The molecule has 244 valence electrons. The molecule has 2 N–H and O–H groups in total. The summed E-state index contributed by atoms with van der Waals surface area (Å²) in [4.78, 5) is 68.0. The molecule has 0 radical (unpaired) electrons. The van der Waals surface area contributed by atoms with Crippen LogP contribution in [0.15, 0.2) is 53.5 Å². The van der Waals surface area contributed by atoms with Crippen molar-refractivity contribution >= 4 is 40.9 Å². The molecular weight excluding hydrogens is 622 g/mol. The molecule has 47 heavy (non-hydrogen) atoms. The van der Waals surface area contributed by atoms with Crippen LogP contribution in [-0.2, 0) is 23.2 Å². The number of nitrogens with zero attached hydrogens (tertiary/aromatic N) is 5. The third kappa shape index (κ3) is 5.97. The second-order valence-corrected chi connectivity index (χ2v) is 13.6. The first kappa shape index (κ1) is 31.2. The molecule has 3 atom stereocenters. The van der Waals surface area contributed by atoms with Crippen LogP contribution in [0.3, 0.4) is 0 Å². The van der Waals surface area contributed by atoms with E-state index in [2.05, 4.69) is 56.8 Å². The molecule has 3 saturated heterocycles. The maximum absolute atomic E-state index is 13.2. The topological polar surface area (TPSA) is 137 Å². The number of amides is 4. The highest BCUT2D eigenvalue weighted by Crippen LogP contribution is 2.34. The number of carbonyl (C=O) groups is 4. The molecule has 3 unspecified atom stereocenters. The molecule has 1 aromatic heterocycles. The average Bonchev–Trinajstić information content (AvgIpc) is 3.27. The Morgan fingerprint density at radius 1 is 0.894 bits per heavy atom. The number of likely N-dealkylation sites (N-methyl/N-ethyl adjacent to an activating group) is 1. The van der Waals surface area contributed by atoms with Crippen LogP contribution >= 0.6 is 11.6 Å². The van der Waals surface area contributed by atoms with Crippen molar-refractivity contribution in [3.05, 3.63) is 91.9 Å². The average molecular weight is 658 g/mol. The van der Waals surface area contributed by atoms with Crippen LogP contribution in [0, 0.1) is 0 Å². The monoisotopic (exact) mass is 657 g/mol. The number of fused-ring (bicyclic) bond motifs is 1. The largest absolute Gasteiger partial charge is 0.378 e. The lowest BCUT2D eigenvalue weighted by Gasteiger charge is -2.40. The molecule has 12 nitrogen and oxygen atoms in total. The van der Waals surface area contributed by atoms with E-state index in [-0.39, 0.29) is 35.4 Å². The van der Waals surface area contributed by atoms with Gasteiger partial charge in [0.2, 0.25) is 11.8 Å². The number of rotatable bonds is 7. The van der Waals surface area contributed by atoms with E-state index in [0.29, 0.717) is 22.7 Å². The maximum atomic E-state index is 13.2. The number of carbonyl (C=O) groups excluding carboxylic acids is 4. The van der Waals surface area contributed by atoms with Gasteiger partial charge in [0.05, 0.1) is 23.0 Å². The molecule has 4 aliphatic rings. The second-order valence-electron chi connectivity index (χ2n) is 13.2. The summed E-state index contributed by atoms with van der Waals surface area (Å²) in [6.45, 7) is 4.25. The lowest BCUT2D eigenvalue weighted by atomic mass is 9.87. The Balaban J connectivity index is 0.945. The van der Waals surface area contributed by atoms with Gasteiger partial charge in [-0.3, -0.25) is 39.1 Å². The Morgan fingerprint density at radius 2 is 1.62 bits per heavy atom. The number of hydrogen-bond donors (Lipinski definition) is 2. The van der Waals surface area contributed by atoms with Crippen molar-refractivity contribution in [2.75, 3.05) is 38.5 Å². The van der Waals surface area contributed by atoms with Crippen molar-refractivity contribution in [3.8, 4) is 0 Å². The zero-order valence-electron chi connectivity index (χ0n) is 26.2. The number of piperidine rings is 2. The first-order valence-corrected chi connectivity index (χ1v) is 16.3. The smallest absolute Gasteiger partial charge is 0.287 e. The van der Waals surface area contributed by atoms with Gasteiger partial charge < -0.3 is 10.2 Å². The minimum atomic E-state index is -0.964. The lowest BCUT2D eigenvalue weighted by Crippen LogP contribution is -2.54. The van der Waals surface area contributed by atoms with Gasteiger partial charge in [0, 0.05) is 58.2 Å². The summed E-state index contributed by atoms with van der Waals surface area (Å²) >= 11 is 6.30. The Kier molecular flexibility index (Phi) is 8.19. The number of aromatic nitrogens is 2. The fourth-order valence-corrected chi connectivity index (χ4v) is 7.53. The molecule has 13 heteroatoms. The van der Waals surface area contributed by atoms with Crippen LogP contribution in [0.4, 0.5) is 5.69 Å². The van der Waals surface area contributed by atoms with Gasteiger partial charge in [0.15, 0.2) is 0 Å². The summed E-state index contributed by atoms with van der Waals surface area (Å²) in [5, 5.41) is 9.92. The van der Waals surface area contributed by atoms with Gasteiger partial charge in [-0.15, -0.1) is 0 Å². The fraction of sp³-hybridized carbons (Fsp3) is 0.412. The summed E-state index contributed by atoms with van der Waals surface area (Å²) in [5.41, 5.74) is 4.36. The second kappa shape index (κ2) is 12.3. The van der Waals surface area contributed by atoms with E-state index in [1.54, 1.807) is 25.4 Å². The van der Waals surface area contributed by atoms with Crippen molar-refractivity contribution in [3.63, 3.8) is 0 Å². The summed E-state index contributed by atoms with van der Waals surface area (Å²) < 4.78 is 1.23. The van der Waals surface area contributed by atoms with Crippen LogP contribution in [0.5, 0.6) is 0 Å². The Bertz CT molecular complexity index is 1840. The third-order valence-electron chi connectivity index (χ3n) is 9.82. The third-order valence-corrected chi connectivity index (χ3v) is 10.2. The molecule has 0 aliphatic carbocycles. The minimum Gasteiger partial charge on any atom is -0.378 e. The van der Waals surface area contributed by atoms with Crippen molar-refractivity contribution in [2.45, 2.75) is 49.7 Å². The molecule has 7 rings (SSSR count). The van der Waals surface area contributed by atoms with Gasteiger partial charge in [0.25, 0.3) is 17.4 Å². The van der Waals surface area contributed by atoms with Crippen LogP contribution in [0.2, 0.25) is 5.02 Å². The van der Waals surface area contributed by atoms with Crippen LogP contribution in [0.25, 0.3) is 0 Å². The Morgan fingerprint density at radius 3 is 2.36 bits per heavy atom. The van der Waals surface area contributed by atoms with Crippen molar-refractivity contribution in [1.82, 2.24) is 29.8 Å². The van der Waals surface area contributed by atoms with Gasteiger partial charge in [0.1, 0.15) is 11.1 Å². The van der Waals surface area contributed by atoms with E-state index in [0.717, 1.165) is 49.6 Å². The van der Waals surface area contributed by atoms with Gasteiger partial charge in [-0.25, -0.2) is 4.68 Å². The summed E-state index contributed by atoms with van der Waals surface area (Å²) in [6, 6.07) is 13.3. The first-order chi connectivity index (χ1) is 22.5. The highest BCUT2D eigenvalue weighted by atomic mass is 35.5. The van der Waals surface area contributed by atoms with Crippen molar-refractivity contribution in [2.24, 2.45) is 7.05 Å². The summed E-state index contributed by atoms with van der Waals surface area (Å²) in [6.07, 6.45) is 2.74. The standard InChI is InChI=1S/C34H36ClN7O5/c1-39-15-22(11-24(18-39)37-27-13-36-40(2)34(47)30(27)35)20-5-3-19(4-6-20)14-41-16-23(17-41)21-7-8-25-26(12-21)33(46)42(32(25)45)28-9-10-29(43)38-31(28)44/h3-8,12-13,22-24,28,37H,9-11,14-18H2,1-2H3,(H,38,43,44). The molecule has 4 aliphatic heterocycles. The molecular formula is C34H36ClN7O5. The zero-order chi connectivity index (χ0) is 33.0. The molecule has 0 spiro atoms. The van der Waals surface area contributed by atoms with Gasteiger partial charge >= 0.3 is 0 Å². The van der Waals surface area contributed by atoms with Gasteiger partial charge in [-0.05, 0) is 54.6 Å². The van der Waals surface area contributed by atoms with E-state index in [1.165, 1.54) is 15.8 Å². The number of anilines is 1. The predicted molar refractivity (Wildman–Crippen MR) is 174 cm³/mol. The first-order valence-electron chi connectivity index (χ1n) is 15.9. The van der Waals surface area contributed by atoms with Crippen LogP contribution in [0.1, 0.15) is 68.5 Å². The SMILES string of the molecule is CN1CC(Nc2cnn(C)c(=O)c2Cl)CC(c2ccc(CN3CC(c4ccc5c(c4)C(=O)N(C4CCC(=O)NC4=O)C5=O)C3)cc2)C1. The van der Waals surface area contributed by atoms with Crippen LogP contribution in [-0.4, -0.2) is 93.4 Å². The quantitative estimate of drug-likeness (QED) is 0.367. The van der Waals surface area contributed by atoms with Crippen molar-refractivity contribution < 1.29 is 19.2 Å². The van der Waals surface area contributed by atoms with E-state index in [1.807, 2.05) is 6.07 Å². The minimum absolute atomic E-state index is 0.0956. The summed E-state index contributed by atoms with van der Waals surface area (Å²) in [5.74, 6) is -1.39. The van der Waals surface area contributed by atoms with Crippen molar-refractivity contribution in [1.29, 1.82) is 0 Å². The maximum Gasteiger partial charge on any atom is 0.287 e. The molecule has 0 saturated carbocycles. The van der Waals surface area contributed by atoms with E-state index in [9.17, 15) is 24.0 Å².